The van der Waals surface area contributed by atoms with E-state index in [4.69, 9.17) is 5.26 Å². The van der Waals surface area contributed by atoms with Gasteiger partial charge in [0.05, 0.1) is 18.4 Å². The molecule has 1 aromatic heterocycles. The molecule has 0 atom stereocenters. The van der Waals surface area contributed by atoms with Crippen LogP contribution in [0.25, 0.3) is 0 Å². The lowest BCUT2D eigenvalue weighted by Crippen LogP contribution is -2.48. The fraction of sp³-hybridized carbons (Fsp3) is 0.278. The number of nitriles is 1. The molecule has 128 valence electrons. The van der Waals surface area contributed by atoms with Gasteiger partial charge < -0.3 is 10.2 Å². The highest BCUT2D eigenvalue weighted by molar-refractivity contribution is 5.92. The number of nitrogens with one attached hydrogen (secondary N) is 1. The van der Waals surface area contributed by atoms with Gasteiger partial charge >= 0.3 is 0 Å². The van der Waals surface area contributed by atoms with Crippen LogP contribution in [-0.4, -0.2) is 48.5 Å². The minimum atomic E-state index is -0.327. The molecule has 3 rings (SSSR count). The number of benzene rings is 1. The summed E-state index contributed by atoms with van der Waals surface area (Å²) in [5.41, 5.74) is 1.97. The molecule has 1 fully saturated rings. The molecule has 6 nitrogen and oxygen atoms in total. The number of halogens is 1. The minimum absolute atomic E-state index is 0.111. The van der Waals surface area contributed by atoms with E-state index in [1.165, 1.54) is 12.1 Å². The highest BCUT2D eigenvalue weighted by Crippen LogP contribution is 2.15. The van der Waals surface area contributed by atoms with E-state index >= 15 is 0 Å². The average Bonchev–Trinajstić information content (AvgIpc) is 2.64. The normalized spacial score (nSPS) is 14.8. The minimum Gasteiger partial charge on any atom is -0.368 e. The maximum atomic E-state index is 12.9. The van der Waals surface area contributed by atoms with Gasteiger partial charge in [-0.05, 0) is 36.4 Å². The Labute approximate surface area is 145 Å². The smallest absolute Gasteiger partial charge is 0.238 e. The second-order valence-electron chi connectivity index (χ2n) is 5.83. The molecule has 7 heteroatoms. The summed E-state index contributed by atoms with van der Waals surface area (Å²) in [6.07, 6.45) is 1.70. The van der Waals surface area contributed by atoms with E-state index in [1.807, 2.05) is 12.1 Å². The summed E-state index contributed by atoms with van der Waals surface area (Å²) in [5.74, 6) is -0.438. The van der Waals surface area contributed by atoms with Gasteiger partial charge in [0.15, 0.2) is 0 Å². The van der Waals surface area contributed by atoms with Crippen molar-refractivity contribution in [3.8, 4) is 6.07 Å². The van der Waals surface area contributed by atoms with Gasteiger partial charge in [-0.25, -0.2) is 9.37 Å². The molecule has 1 amide bonds. The Bertz CT molecular complexity index is 762. The van der Waals surface area contributed by atoms with Gasteiger partial charge in [-0.15, -0.1) is 0 Å². The standard InChI is InChI=1S/C18H18FN5O/c19-14-1-3-15(4-2-14)22-18(25)13-23-7-9-24(10-8-23)17-6-5-16(11-20)21-12-17/h1-6,12H,7-10,13H2,(H,22,25). The van der Waals surface area contributed by atoms with Crippen molar-refractivity contribution < 1.29 is 9.18 Å². The van der Waals surface area contributed by atoms with Gasteiger partial charge in [-0.3, -0.25) is 9.69 Å². The molecule has 0 bridgehead atoms. The van der Waals surface area contributed by atoms with Crippen LogP contribution in [0, 0.1) is 17.1 Å². The first-order valence-electron chi connectivity index (χ1n) is 8.03. The van der Waals surface area contributed by atoms with Gasteiger partial charge in [-0.1, -0.05) is 0 Å². The Morgan fingerprint density at radius 2 is 1.88 bits per heavy atom. The van der Waals surface area contributed by atoms with E-state index in [9.17, 15) is 9.18 Å². The number of amides is 1. The lowest BCUT2D eigenvalue weighted by Gasteiger charge is -2.35. The van der Waals surface area contributed by atoms with Crippen molar-refractivity contribution >= 4 is 17.3 Å². The Balaban J connectivity index is 1.47. The Morgan fingerprint density at radius 1 is 1.16 bits per heavy atom. The lowest BCUT2D eigenvalue weighted by molar-refractivity contribution is -0.117. The summed E-state index contributed by atoms with van der Waals surface area (Å²) in [6.45, 7) is 3.40. The van der Waals surface area contributed by atoms with Crippen molar-refractivity contribution in [3.05, 3.63) is 54.1 Å². The zero-order valence-corrected chi connectivity index (χ0v) is 13.7. The fourth-order valence-corrected chi connectivity index (χ4v) is 2.74. The number of pyridine rings is 1. The van der Waals surface area contributed by atoms with Crippen LogP contribution in [0.4, 0.5) is 15.8 Å². The number of anilines is 2. The molecular formula is C18H18FN5O. The molecular weight excluding hydrogens is 321 g/mol. The Morgan fingerprint density at radius 3 is 2.48 bits per heavy atom. The maximum Gasteiger partial charge on any atom is 0.238 e. The third-order valence-corrected chi connectivity index (χ3v) is 4.10. The number of hydrogen-bond acceptors (Lipinski definition) is 5. The number of nitrogens with zero attached hydrogens (tertiary/aromatic N) is 4. The number of rotatable bonds is 4. The number of hydrogen-bond donors (Lipinski definition) is 1. The average molecular weight is 339 g/mol. The SMILES string of the molecule is N#Cc1ccc(N2CCN(CC(=O)Nc3ccc(F)cc3)CC2)cn1. The number of piperazine rings is 1. The van der Waals surface area contributed by atoms with E-state index in [2.05, 4.69) is 20.1 Å². The van der Waals surface area contributed by atoms with Gasteiger partial charge in [0.1, 0.15) is 17.6 Å². The molecule has 0 spiro atoms. The van der Waals surface area contributed by atoms with Crippen LogP contribution >= 0.6 is 0 Å². The molecule has 1 saturated heterocycles. The number of aromatic nitrogens is 1. The highest BCUT2D eigenvalue weighted by Gasteiger charge is 2.19. The van der Waals surface area contributed by atoms with Crippen LogP contribution in [0.5, 0.6) is 0 Å². The van der Waals surface area contributed by atoms with Gasteiger partial charge in [-0.2, -0.15) is 5.26 Å². The maximum absolute atomic E-state index is 12.9. The molecule has 1 aromatic carbocycles. The van der Waals surface area contributed by atoms with E-state index in [0.29, 0.717) is 17.9 Å². The predicted molar refractivity (Wildman–Crippen MR) is 92.6 cm³/mol. The summed E-state index contributed by atoms with van der Waals surface area (Å²) in [5, 5.41) is 11.6. The molecule has 1 aliphatic rings. The number of carbonyl (C=O) groups excluding carboxylic acids is 1. The summed E-state index contributed by atoms with van der Waals surface area (Å²) in [7, 11) is 0. The molecule has 0 unspecified atom stereocenters. The van der Waals surface area contributed by atoms with E-state index < -0.39 is 0 Å². The van der Waals surface area contributed by atoms with Gasteiger partial charge in [0, 0.05) is 31.9 Å². The summed E-state index contributed by atoms with van der Waals surface area (Å²) in [4.78, 5) is 20.4. The van der Waals surface area contributed by atoms with Crippen LogP contribution in [-0.2, 0) is 4.79 Å². The van der Waals surface area contributed by atoms with Crippen molar-refractivity contribution in [2.75, 3.05) is 42.9 Å². The second-order valence-corrected chi connectivity index (χ2v) is 5.83. The molecule has 2 aromatic rings. The largest absolute Gasteiger partial charge is 0.368 e. The molecule has 2 heterocycles. The first kappa shape index (κ1) is 16.9. The molecule has 1 N–H and O–H groups in total. The van der Waals surface area contributed by atoms with Crippen molar-refractivity contribution in [2.24, 2.45) is 0 Å². The molecule has 0 saturated carbocycles. The third-order valence-electron chi connectivity index (χ3n) is 4.10. The fourth-order valence-electron chi connectivity index (χ4n) is 2.74. The van der Waals surface area contributed by atoms with Crippen LogP contribution in [0.15, 0.2) is 42.6 Å². The number of carbonyl (C=O) groups is 1. The van der Waals surface area contributed by atoms with E-state index in [1.54, 1.807) is 24.4 Å². The lowest BCUT2D eigenvalue weighted by atomic mass is 10.2. The predicted octanol–water partition coefficient (Wildman–Crippen LogP) is 1.85. The Kier molecular flexibility index (Phi) is 5.21. The zero-order chi connectivity index (χ0) is 17.6. The summed E-state index contributed by atoms with van der Waals surface area (Å²) in [6, 6.07) is 11.3. The Hall–Kier alpha value is -2.98. The van der Waals surface area contributed by atoms with Crippen LogP contribution in [0.1, 0.15) is 5.69 Å². The van der Waals surface area contributed by atoms with Crippen molar-refractivity contribution in [1.29, 1.82) is 5.26 Å². The summed E-state index contributed by atoms with van der Waals surface area (Å²) >= 11 is 0. The molecule has 1 aliphatic heterocycles. The zero-order valence-electron chi connectivity index (χ0n) is 13.7. The van der Waals surface area contributed by atoms with Crippen molar-refractivity contribution in [2.45, 2.75) is 0 Å². The van der Waals surface area contributed by atoms with Crippen LogP contribution < -0.4 is 10.2 Å². The second kappa shape index (κ2) is 7.73. The topological polar surface area (TPSA) is 72.3 Å². The van der Waals surface area contributed by atoms with Crippen molar-refractivity contribution in [3.63, 3.8) is 0 Å². The molecule has 0 radical (unpaired) electrons. The third kappa shape index (κ3) is 4.52. The van der Waals surface area contributed by atoms with Crippen LogP contribution in [0.3, 0.4) is 0 Å². The highest BCUT2D eigenvalue weighted by atomic mass is 19.1. The van der Waals surface area contributed by atoms with E-state index in [-0.39, 0.29) is 11.7 Å². The first-order chi connectivity index (χ1) is 12.1. The molecule has 25 heavy (non-hydrogen) atoms. The summed E-state index contributed by atoms with van der Waals surface area (Å²) < 4.78 is 12.9. The van der Waals surface area contributed by atoms with Gasteiger partial charge in [0.2, 0.25) is 5.91 Å². The quantitative estimate of drug-likeness (QED) is 0.920. The van der Waals surface area contributed by atoms with Crippen molar-refractivity contribution in [1.82, 2.24) is 9.88 Å². The van der Waals surface area contributed by atoms with E-state index in [0.717, 1.165) is 31.9 Å². The van der Waals surface area contributed by atoms with Gasteiger partial charge in [0.25, 0.3) is 0 Å². The van der Waals surface area contributed by atoms with Crippen LogP contribution in [0.2, 0.25) is 0 Å². The monoisotopic (exact) mass is 339 g/mol. The first-order valence-corrected chi connectivity index (χ1v) is 8.03. The molecule has 0 aliphatic carbocycles.